The van der Waals surface area contributed by atoms with Crippen molar-refractivity contribution in [2.75, 3.05) is 0 Å². The number of rotatable bonds is 10. The maximum Gasteiger partial charge on any atom is -0.0353 e. The zero-order chi connectivity index (χ0) is 11.5. The van der Waals surface area contributed by atoms with Crippen LogP contribution in [-0.4, -0.2) is 0 Å². The summed E-state index contributed by atoms with van der Waals surface area (Å²) in [4.78, 5) is 0. The highest BCUT2D eigenvalue weighted by Crippen LogP contribution is 2.19. The fourth-order valence-electron chi connectivity index (χ4n) is 1.94. The molecular weight excluding hydrogens is 180 g/mol. The zero-order valence-electron chi connectivity index (χ0n) is 11.1. The first kappa shape index (κ1) is 14.7. The van der Waals surface area contributed by atoms with Gasteiger partial charge in [0.25, 0.3) is 0 Å². The van der Waals surface area contributed by atoms with Crippen LogP contribution in [0.3, 0.4) is 0 Å². The maximum absolute atomic E-state index is 3.76. The lowest BCUT2D eigenvalue weighted by Crippen LogP contribution is -1.98. The predicted molar refractivity (Wildman–Crippen MR) is 71.1 cm³/mol. The third-order valence-electron chi connectivity index (χ3n) is 3.45. The van der Waals surface area contributed by atoms with Crippen LogP contribution < -0.4 is 0 Å². The lowest BCUT2D eigenvalue weighted by Gasteiger charge is -2.12. The Hall–Kier alpha value is -0.260. The van der Waals surface area contributed by atoms with Gasteiger partial charge in [-0.3, -0.25) is 0 Å². The van der Waals surface area contributed by atoms with E-state index in [1.54, 1.807) is 0 Å². The van der Waals surface area contributed by atoms with Crippen LogP contribution in [0.2, 0.25) is 0 Å². The van der Waals surface area contributed by atoms with Gasteiger partial charge in [-0.15, -0.1) is 6.58 Å². The summed E-state index contributed by atoms with van der Waals surface area (Å²) in [6.07, 6.45) is 13.0. The fourth-order valence-corrected chi connectivity index (χ4v) is 1.94. The van der Waals surface area contributed by atoms with Crippen molar-refractivity contribution in [2.45, 2.75) is 72.1 Å². The smallest absolute Gasteiger partial charge is 0.0353 e. The Balaban J connectivity index is 3.25. The molecule has 0 rings (SSSR count). The Morgan fingerprint density at radius 3 is 2.13 bits per heavy atom. The van der Waals surface area contributed by atoms with E-state index in [-0.39, 0.29) is 0 Å². The summed E-state index contributed by atoms with van der Waals surface area (Å²) in [5.74, 6) is 1.86. The molecule has 0 nitrogen and oxygen atoms in total. The summed E-state index contributed by atoms with van der Waals surface area (Å²) >= 11 is 0. The molecule has 0 aliphatic heterocycles. The van der Waals surface area contributed by atoms with Crippen LogP contribution in [0.4, 0.5) is 0 Å². The van der Waals surface area contributed by atoms with Crippen LogP contribution in [0.1, 0.15) is 72.1 Å². The molecule has 0 aromatic carbocycles. The van der Waals surface area contributed by atoms with E-state index in [0.29, 0.717) is 0 Å². The van der Waals surface area contributed by atoms with Gasteiger partial charge in [-0.1, -0.05) is 65.4 Å². The first-order valence-electron chi connectivity index (χ1n) is 6.81. The standard InChI is InChI=1S/C15H30/c1-5-7-8-9-11-15(4)13-10-12-14(3)6-2/h5,14-15H,1,6-13H2,2-4H3. The van der Waals surface area contributed by atoms with Crippen LogP contribution >= 0.6 is 0 Å². The van der Waals surface area contributed by atoms with E-state index in [0.717, 1.165) is 11.8 Å². The second-order valence-corrected chi connectivity index (χ2v) is 5.12. The van der Waals surface area contributed by atoms with Crippen molar-refractivity contribution in [3.8, 4) is 0 Å². The minimum atomic E-state index is 0.929. The molecule has 0 aromatic rings. The summed E-state index contributed by atoms with van der Waals surface area (Å²) in [7, 11) is 0. The largest absolute Gasteiger partial charge is 0.103 e. The van der Waals surface area contributed by atoms with E-state index in [1.807, 2.05) is 6.08 Å². The van der Waals surface area contributed by atoms with Crippen LogP contribution in [0.25, 0.3) is 0 Å². The van der Waals surface area contributed by atoms with Crippen molar-refractivity contribution in [1.82, 2.24) is 0 Å². The monoisotopic (exact) mass is 210 g/mol. The van der Waals surface area contributed by atoms with Gasteiger partial charge in [-0.25, -0.2) is 0 Å². The molecule has 0 aromatic heterocycles. The van der Waals surface area contributed by atoms with Crippen LogP contribution in [0.15, 0.2) is 12.7 Å². The van der Waals surface area contributed by atoms with Gasteiger partial charge in [0.2, 0.25) is 0 Å². The summed E-state index contributed by atoms with van der Waals surface area (Å²) < 4.78 is 0. The Kier molecular flexibility index (Phi) is 10.1. The predicted octanol–water partition coefficient (Wildman–Crippen LogP) is 5.59. The van der Waals surface area contributed by atoms with Gasteiger partial charge in [0.15, 0.2) is 0 Å². The molecule has 0 saturated carbocycles. The normalized spacial score (nSPS) is 14.9. The minimum absolute atomic E-state index is 0.929. The van der Waals surface area contributed by atoms with Gasteiger partial charge in [0.1, 0.15) is 0 Å². The van der Waals surface area contributed by atoms with E-state index >= 15 is 0 Å². The molecule has 0 amide bonds. The van der Waals surface area contributed by atoms with Gasteiger partial charge < -0.3 is 0 Å². The average Bonchev–Trinajstić information content (AvgIpc) is 2.24. The van der Waals surface area contributed by atoms with Crippen LogP contribution in [0, 0.1) is 11.8 Å². The SMILES string of the molecule is C=CCCCCC(C)CCCC(C)CC. The molecule has 0 N–H and O–H groups in total. The maximum atomic E-state index is 3.76. The highest BCUT2D eigenvalue weighted by Gasteiger charge is 2.03. The van der Waals surface area contributed by atoms with Crippen molar-refractivity contribution < 1.29 is 0 Å². The number of allylic oxidation sites excluding steroid dienone is 1. The molecular formula is C15H30. The van der Waals surface area contributed by atoms with Crippen LogP contribution in [-0.2, 0) is 0 Å². The lowest BCUT2D eigenvalue weighted by molar-refractivity contribution is 0.409. The fraction of sp³-hybridized carbons (Fsp3) is 0.867. The first-order chi connectivity index (χ1) is 7.20. The molecule has 0 radical (unpaired) electrons. The van der Waals surface area contributed by atoms with Gasteiger partial charge in [-0.2, -0.15) is 0 Å². The third-order valence-corrected chi connectivity index (χ3v) is 3.45. The quantitative estimate of drug-likeness (QED) is 0.326. The molecule has 2 atom stereocenters. The summed E-state index contributed by atoms with van der Waals surface area (Å²) in [6.45, 7) is 10.8. The lowest BCUT2D eigenvalue weighted by atomic mass is 9.94. The second-order valence-electron chi connectivity index (χ2n) is 5.12. The number of hydrogen-bond acceptors (Lipinski definition) is 0. The Morgan fingerprint density at radius 2 is 1.53 bits per heavy atom. The van der Waals surface area contributed by atoms with Gasteiger partial charge in [0, 0.05) is 0 Å². The molecule has 0 spiro atoms. The van der Waals surface area contributed by atoms with Gasteiger partial charge >= 0.3 is 0 Å². The van der Waals surface area contributed by atoms with Crippen molar-refractivity contribution in [2.24, 2.45) is 11.8 Å². The summed E-state index contributed by atoms with van der Waals surface area (Å²) in [5.41, 5.74) is 0. The van der Waals surface area contributed by atoms with Crippen molar-refractivity contribution in [3.63, 3.8) is 0 Å². The van der Waals surface area contributed by atoms with Gasteiger partial charge in [0.05, 0.1) is 0 Å². The molecule has 0 aliphatic rings. The molecule has 0 bridgehead atoms. The Bertz CT molecular complexity index is 137. The average molecular weight is 210 g/mol. The number of hydrogen-bond donors (Lipinski definition) is 0. The molecule has 0 heterocycles. The second kappa shape index (κ2) is 10.3. The Labute approximate surface area is 97.2 Å². The van der Waals surface area contributed by atoms with E-state index in [1.165, 1.54) is 51.4 Å². The molecule has 0 heteroatoms. The van der Waals surface area contributed by atoms with Gasteiger partial charge in [-0.05, 0) is 24.7 Å². The first-order valence-corrected chi connectivity index (χ1v) is 6.81. The zero-order valence-corrected chi connectivity index (χ0v) is 11.1. The summed E-state index contributed by atoms with van der Waals surface area (Å²) in [5, 5.41) is 0. The molecule has 90 valence electrons. The van der Waals surface area contributed by atoms with Crippen molar-refractivity contribution >= 4 is 0 Å². The van der Waals surface area contributed by atoms with E-state index in [4.69, 9.17) is 0 Å². The molecule has 2 unspecified atom stereocenters. The Morgan fingerprint density at radius 1 is 0.933 bits per heavy atom. The molecule has 0 saturated heterocycles. The highest BCUT2D eigenvalue weighted by molar-refractivity contribution is 4.66. The summed E-state index contributed by atoms with van der Waals surface area (Å²) in [6, 6.07) is 0. The topological polar surface area (TPSA) is 0 Å². The van der Waals surface area contributed by atoms with E-state index in [9.17, 15) is 0 Å². The van der Waals surface area contributed by atoms with E-state index < -0.39 is 0 Å². The molecule has 0 fully saturated rings. The number of unbranched alkanes of at least 4 members (excludes halogenated alkanes) is 2. The highest BCUT2D eigenvalue weighted by atomic mass is 14.1. The van der Waals surface area contributed by atoms with Crippen LogP contribution in [0.5, 0.6) is 0 Å². The van der Waals surface area contributed by atoms with Crippen molar-refractivity contribution in [1.29, 1.82) is 0 Å². The molecule has 15 heavy (non-hydrogen) atoms. The van der Waals surface area contributed by atoms with Crippen molar-refractivity contribution in [3.05, 3.63) is 12.7 Å². The van der Waals surface area contributed by atoms with E-state index in [2.05, 4.69) is 27.4 Å². The third kappa shape index (κ3) is 10.0. The minimum Gasteiger partial charge on any atom is -0.103 e. The molecule has 0 aliphatic carbocycles.